The van der Waals surface area contributed by atoms with Gasteiger partial charge in [0.05, 0.1) is 9.79 Å². The van der Waals surface area contributed by atoms with Crippen molar-refractivity contribution in [2.75, 3.05) is 0 Å². The first kappa shape index (κ1) is 19.6. The fourth-order valence-corrected chi connectivity index (χ4v) is 4.24. The highest BCUT2D eigenvalue weighted by Crippen LogP contribution is 2.22. The van der Waals surface area contributed by atoms with Crippen molar-refractivity contribution in [2.45, 2.75) is 42.9 Å². The van der Waals surface area contributed by atoms with Crippen LogP contribution in [0.25, 0.3) is 0 Å². The van der Waals surface area contributed by atoms with Gasteiger partial charge in [0.2, 0.25) is 0 Å². The van der Waals surface area contributed by atoms with E-state index in [9.17, 15) is 25.9 Å². The van der Waals surface area contributed by atoms with Crippen molar-refractivity contribution in [2.24, 2.45) is 0 Å². The molecule has 0 amide bonds. The Morgan fingerprint density at radius 3 is 1.40 bits per heavy atom. The first-order valence-corrected chi connectivity index (χ1v) is 10.5. The number of aryl methyl sites for hydroxylation is 4. The van der Waals surface area contributed by atoms with Crippen LogP contribution >= 0.6 is 0 Å². The summed E-state index contributed by atoms with van der Waals surface area (Å²) < 4.78 is 64.5. The SMILES string of the molecule is Cc1ccc(S(=O)(=O)O)c(CCCc2cc(C)ccc2S(=O)(=O)O)c1. The van der Waals surface area contributed by atoms with Gasteiger partial charge in [-0.2, -0.15) is 16.8 Å². The molecule has 6 nitrogen and oxygen atoms in total. The van der Waals surface area contributed by atoms with Crippen molar-refractivity contribution in [1.82, 2.24) is 0 Å². The highest BCUT2D eigenvalue weighted by atomic mass is 32.2. The highest BCUT2D eigenvalue weighted by molar-refractivity contribution is 7.86. The summed E-state index contributed by atoms with van der Waals surface area (Å²) in [7, 11) is -8.64. The Labute approximate surface area is 148 Å². The minimum atomic E-state index is -4.32. The lowest BCUT2D eigenvalue weighted by Crippen LogP contribution is -2.06. The Hall–Kier alpha value is -1.74. The summed E-state index contributed by atoms with van der Waals surface area (Å²) in [6.45, 7) is 3.63. The Balaban J connectivity index is 2.26. The maximum Gasteiger partial charge on any atom is 0.294 e. The Morgan fingerprint density at radius 1 is 0.720 bits per heavy atom. The molecule has 0 bridgehead atoms. The molecule has 0 unspecified atom stereocenters. The van der Waals surface area contributed by atoms with Gasteiger partial charge in [-0.15, -0.1) is 0 Å². The van der Waals surface area contributed by atoms with Gasteiger partial charge >= 0.3 is 0 Å². The normalized spacial score (nSPS) is 12.3. The third-order valence-electron chi connectivity index (χ3n) is 3.88. The van der Waals surface area contributed by atoms with Gasteiger partial charge in [-0.3, -0.25) is 9.11 Å². The molecule has 0 fully saturated rings. The van der Waals surface area contributed by atoms with Gasteiger partial charge in [0, 0.05) is 0 Å². The number of hydrogen-bond donors (Lipinski definition) is 2. The zero-order valence-corrected chi connectivity index (χ0v) is 15.6. The zero-order chi connectivity index (χ0) is 18.8. The summed E-state index contributed by atoms with van der Waals surface area (Å²) in [4.78, 5) is -0.283. The molecule has 136 valence electrons. The van der Waals surface area contributed by atoms with E-state index in [-0.39, 0.29) is 9.79 Å². The second kappa shape index (κ2) is 7.25. The van der Waals surface area contributed by atoms with Crippen LogP contribution in [0.2, 0.25) is 0 Å². The fraction of sp³-hybridized carbons (Fsp3) is 0.294. The molecule has 0 aromatic heterocycles. The van der Waals surface area contributed by atoms with Gasteiger partial charge in [0.15, 0.2) is 0 Å². The van der Waals surface area contributed by atoms with Gasteiger partial charge in [-0.1, -0.05) is 35.4 Å². The lowest BCUT2D eigenvalue weighted by atomic mass is 10.0. The van der Waals surface area contributed by atoms with Crippen molar-refractivity contribution in [3.8, 4) is 0 Å². The first-order valence-electron chi connectivity index (χ1n) is 7.62. The second-order valence-corrected chi connectivity index (χ2v) is 8.81. The summed E-state index contributed by atoms with van der Waals surface area (Å²) in [5.41, 5.74) is 2.67. The monoisotopic (exact) mass is 384 g/mol. The molecule has 2 aromatic rings. The van der Waals surface area contributed by atoms with Gasteiger partial charge in [0.25, 0.3) is 20.2 Å². The van der Waals surface area contributed by atoms with Crippen molar-refractivity contribution in [1.29, 1.82) is 0 Å². The summed E-state index contributed by atoms with van der Waals surface area (Å²) in [6.07, 6.45) is 1.14. The van der Waals surface area contributed by atoms with E-state index in [0.29, 0.717) is 30.4 Å². The minimum Gasteiger partial charge on any atom is -0.282 e. The molecule has 0 saturated carbocycles. The van der Waals surface area contributed by atoms with Gasteiger partial charge < -0.3 is 0 Å². The average Bonchev–Trinajstić information content (AvgIpc) is 2.44. The lowest BCUT2D eigenvalue weighted by molar-refractivity contribution is 0.480. The molecule has 0 aliphatic heterocycles. The van der Waals surface area contributed by atoms with Crippen molar-refractivity contribution < 1.29 is 25.9 Å². The third kappa shape index (κ3) is 5.12. The standard InChI is InChI=1S/C17H20O6S2/c1-12-6-8-16(24(18,19)20)14(10-12)4-3-5-15-11-13(2)7-9-17(15)25(21,22)23/h6-11H,3-5H2,1-2H3,(H,18,19,20)(H,21,22,23). The summed E-state index contributed by atoms with van der Waals surface area (Å²) in [5.74, 6) is 0. The van der Waals surface area contributed by atoms with Gasteiger partial charge in [-0.25, -0.2) is 0 Å². The molecule has 25 heavy (non-hydrogen) atoms. The predicted molar refractivity (Wildman–Crippen MR) is 94.0 cm³/mol. The summed E-state index contributed by atoms with van der Waals surface area (Å²) in [6, 6.07) is 9.28. The molecule has 2 aromatic carbocycles. The molecule has 0 radical (unpaired) electrons. The Kier molecular flexibility index (Phi) is 5.68. The van der Waals surface area contributed by atoms with E-state index in [1.165, 1.54) is 12.1 Å². The van der Waals surface area contributed by atoms with Crippen molar-refractivity contribution in [3.05, 3.63) is 58.7 Å². The van der Waals surface area contributed by atoms with Crippen LogP contribution < -0.4 is 0 Å². The molecule has 0 aliphatic rings. The van der Waals surface area contributed by atoms with E-state index in [4.69, 9.17) is 0 Å². The first-order chi connectivity index (χ1) is 11.5. The Morgan fingerprint density at radius 2 is 1.08 bits per heavy atom. The topological polar surface area (TPSA) is 109 Å². The molecule has 0 atom stereocenters. The minimum absolute atomic E-state index is 0.141. The van der Waals surface area contributed by atoms with Crippen molar-refractivity contribution in [3.63, 3.8) is 0 Å². The van der Waals surface area contributed by atoms with Crippen LogP contribution in [0.1, 0.15) is 28.7 Å². The molecule has 0 heterocycles. The second-order valence-electron chi connectivity index (χ2n) is 6.03. The van der Waals surface area contributed by atoms with Crippen LogP contribution in [0, 0.1) is 13.8 Å². The average molecular weight is 384 g/mol. The largest absolute Gasteiger partial charge is 0.294 e. The fourth-order valence-electron chi connectivity index (χ4n) is 2.78. The molecule has 2 N–H and O–H groups in total. The van der Waals surface area contributed by atoms with Crippen LogP contribution in [0.4, 0.5) is 0 Å². The van der Waals surface area contributed by atoms with E-state index in [0.717, 1.165) is 11.1 Å². The van der Waals surface area contributed by atoms with Gasteiger partial charge in [-0.05, 0) is 56.4 Å². The van der Waals surface area contributed by atoms with Crippen LogP contribution in [0.3, 0.4) is 0 Å². The van der Waals surface area contributed by atoms with Crippen LogP contribution in [-0.2, 0) is 33.1 Å². The molecule has 0 saturated heterocycles. The molecule has 8 heteroatoms. The maximum atomic E-state index is 11.5. The van der Waals surface area contributed by atoms with E-state index in [1.807, 2.05) is 13.8 Å². The van der Waals surface area contributed by atoms with Gasteiger partial charge in [0.1, 0.15) is 0 Å². The third-order valence-corrected chi connectivity index (χ3v) is 5.79. The smallest absolute Gasteiger partial charge is 0.282 e. The molecule has 0 aliphatic carbocycles. The van der Waals surface area contributed by atoms with E-state index >= 15 is 0 Å². The number of rotatable bonds is 6. The van der Waals surface area contributed by atoms with Crippen LogP contribution in [0.15, 0.2) is 46.2 Å². The Bertz CT molecular complexity index is 910. The van der Waals surface area contributed by atoms with Crippen LogP contribution in [-0.4, -0.2) is 25.9 Å². The molecular weight excluding hydrogens is 364 g/mol. The maximum absolute atomic E-state index is 11.5. The zero-order valence-electron chi connectivity index (χ0n) is 13.9. The lowest BCUT2D eigenvalue weighted by Gasteiger charge is -2.11. The van der Waals surface area contributed by atoms with E-state index < -0.39 is 20.2 Å². The van der Waals surface area contributed by atoms with Crippen LogP contribution in [0.5, 0.6) is 0 Å². The number of hydrogen-bond acceptors (Lipinski definition) is 4. The summed E-state index contributed by atoms with van der Waals surface area (Å²) in [5, 5.41) is 0. The molecule has 0 spiro atoms. The van der Waals surface area contributed by atoms with E-state index in [2.05, 4.69) is 0 Å². The van der Waals surface area contributed by atoms with Crippen molar-refractivity contribution >= 4 is 20.2 Å². The number of benzene rings is 2. The highest BCUT2D eigenvalue weighted by Gasteiger charge is 2.17. The summed E-state index contributed by atoms with van der Waals surface area (Å²) >= 11 is 0. The van der Waals surface area contributed by atoms with E-state index in [1.54, 1.807) is 24.3 Å². The molecule has 2 rings (SSSR count). The molecular formula is C17H20O6S2. The predicted octanol–water partition coefficient (Wildman–Crippen LogP) is 2.97. The quantitative estimate of drug-likeness (QED) is 0.741.